The minimum absolute atomic E-state index is 0.895. The molecule has 4 nitrogen and oxygen atoms in total. The van der Waals surface area contributed by atoms with Gasteiger partial charge in [-0.05, 0) is 18.6 Å². The Bertz CT molecular complexity index is 656. The number of para-hydroxylation sites is 1. The molecule has 0 bridgehead atoms. The summed E-state index contributed by atoms with van der Waals surface area (Å²) in [6, 6.07) is 8.57. The van der Waals surface area contributed by atoms with Crippen LogP contribution in [-0.4, -0.2) is 20.7 Å². The van der Waals surface area contributed by atoms with Crippen molar-refractivity contribution in [1.82, 2.24) is 19.4 Å². The minimum Gasteiger partial charge on any atom is -0.346 e. The van der Waals surface area contributed by atoms with E-state index < -0.39 is 0 Å². The Morgan fingerprint density at radius 2 is 2.10 bits per heavy atom. The highest BCUT2D eigenvalue weighted by atomic mass is 15.1. The highest BCUT2D eigenvalue weighted by Crippen LogP contribution is 2.24. The number of rotatable bonds is 5. The molecule has 0 saturated carbocycles. The molecule has 0 unspecified atom stereocenters. The monoisotopic (exact) mass is 268 g/mol. The van der Waals surface area contributed by atoms with Crippen molar-refractivity contribution < 1.29 is 0 Å². The maximum Gasteiger partial charge on any atom is 0.0946 e. The summed E-state index contributed by atoms with van der Waals surface area (Å²) in [5.41, 5.74) is 4.03. The van der Waals surface area contributed by atoms with Crippen LogP contribution >= 0.6 is 0 Å². The number of fused-ring (bicyclic) bond motifs is 1. The molecule has 0 aliphatic rings. The van der Waals surface area contributed by atoms with Crippen LogP contribution in [0.5, 0.6) is 0 Å². The minimum atomic E-state index is 0.895. The van der Waals surface area contributed by atoms with E-state index in [0.717, 1.165) is 19.6 Å². The lowest BCUT2D eigenvalue weighted by Crippen LogP contribution is -2.20. The zero-order valence-corrected chi connectivity index (χ0v) is 12.0. The Morgan fingerprint density at radius 1 is 1.25 bits per heavy atom. The van der Waals surface area contributed by atoms with Crippen molar-refractivity contribution >= 4 is 10.9 Å². The molecular weight excluding hydrogens is 248 g/mol. The second-order valence-electron chi connectivity index (χ2n) is 5.13. The Labute approximate surface area is 119 Å². The number of imidazole rings is 1. The van der Waals surface area contributed by atoms with Gasteiger partial charge in [-0.3, -0.25) is 0 Å². The number of hydrogen-bond acceptors (Lipinski definition) is 2. The Balaban J connectivity index is 1.68. The van der Waals surface area contributed by atoms with Crippen LogP contribution in [0.1, 0.15) is 11.3 Å². The lowest BCUT2D eigenvalue weighted by molar-refractivity contribution is 0.584. The van der Waals surface area contributed by atoms with Gasteiger partial charge in [0.2, 0.25) is 0 Å². The van der Waals surface area contributed by atoms with E-state index in [1.807, 2.05) is 18.7 Å². The maximum atomic E-state index is 4.05. The van der Waals surface area contributed by atoms with Crippen LogP contribution in [0, 0.1) is 6.92 Å². The normalized spacial score (nSPS) is 11.3. The molecule has 0 saturated heterocycles. The van der Waals surface area contributed by atoms with Crippen LogP contribution < -0.4 is 5.32 Å². The van der Waals surface area contributed by atoms with Crippen molar-refractivity contribution in [2.45, 2.75) is 20.0 Å². The average Bonchev–Trinajstić information content (AvgIpc) is 3.06. The topological polar surface area (TPSA) is 34.8 Å². The Morgan fingerprint density at radius 3 is 2.85 bits per heavy atom. The van der Waals surface area contributed by atoms with Crippen molar-refractivity contribution in [2.75, 3.05) is 6.54 Å². The molecule has 0 aliphatic carbocycles. The van der Waals surface area contributed by atoms with Gasteiger partial charge in [-0.25, -0.2) is 4.98 Å². The van der Waals surface area contributed by atoms with Crippen molar-refractivity contribution in [2.24, 2.45) is 7.05 Å². The first-order chi connectivity index (χ1) is 9.77. The molecular formula is C16H20N4. The first-order valence-corrected chi connectivity index (χ1v) is 6.96. The first kappa shape index (κ1) is 12.9. The molecule has 20 heavy (non-hydrogen) atoms. The molecule has 3 aromatic rings. The van der Waals surface area contributed by atoms with Gasteiger partial charge in [0, 0.05) is 55.7 Å². The standard InChI is InChI=1S/C16H20N4/c1-13-14-5-3-4-6-15(14)19(2)16(13)11-17-7-9-20-10-8-18-12-20/h3-6,8,10,12,17H,7,9,11H2,1-2H3. The van der Waals surface area contributed by atoms with Gasteiger partial charge in [-0.15, -0.1) is 0 Å². The van der Waals surface area contributed by atoms with Crippen LogP contribution in [0.4, 0.5) is 0 Å². The Kier molecular flexibility index (Phi) is 3.56. The smallest absolute Gasteiger partial charge is 0.0946 e. The molecule has 3 rings (SSSR count). The van der Waals surface area contributed by atoms with Gasteiger partial charge in [0.1, 0.15) is 0 Å². The predicted molar refractivity (Wildman–Crippen MR) is 81.6 cm³/mol. The van der Waals surface area contributed by atoms with Gasteiger partial charge in [-0.2, -0.15) is 0 Å². The summed E-state index contributed by atoms with van der Waals surface area (Å²) in [5, 5.41) is 4.86. The summed E-state index contributed by atoms with van der Waals surface area (Å²) < 4.78 is 4.37. The molecule has 4 heteroatoms. The molecule has 0 aliphatic heterocycles. The third-order valence-corrected chi connectivity index (χ3v) is 3.91. The van der Waals surface area contributed by atoms with E-state index in [1.54, 1.807) is 0 Å². The van der Waals surface area contributed by atoms with E-state index in [2.05, 4.69) is 57.7 Å². The van der Waals surface area contributed by atoms with Crippen molar-refractivity contribution in [3.8, 4) is 0 Å². The largest absolute Gasteiger partial charge is 0.346 e. The summed E-state index contributed by atoms with van der Waals surface area (Å²) in [7, 11) is 2.14. The zero-order chi connectivity index (χ0) is 13.9. The van der Waals surface area contributed by atoms with Crippen molar-refractivity contribution in [1.29, 1.82) is 0 Å². The van der Waals surface area contributed by atoms with E-state index in [4.69, 9.17) is 0 Å². The highest BCUT2D eigenvalue weighted by Gasteiger charge is 2.10. The van der Waals surface area contributed by atoms with E-state index in [-0.39, 0.29) is 0 Å². The fourth-order valence-corrected chi connectivity index (χ4v) is 2.72. The fourth-order valence-electron chi connectivity index (χ4n) is 2.72. The van der Waals surface area contributed by atoms with Gasteiger partial charge in [0.25, 0.3) is 0 Å². The highest BCUT2D eigenvalue weighted by molar-refractivity contribution is 5.85. The summed E-state index contributed by atoms with van der Waals surface area (Å²) in [5.74, 6) is 0. The molecule has 0 atom stereocenters. The molecule has 0 spiro atoms. The second-order valence-corrected chi connectivity index (χ2v) is 5.13. The summed E-state index contributed by atoms with van der Waals surface area (Å²) in [6.07, 6.45) is 5.65. The molecule has 2 aromatic heterocycles. The summed E-state index contributed by atoms with van der Waals surface area (Å²) >= 11 is 0. The number of nitrogens with one attached hydrogen (secondary N) is 1. The van der Waals surface area contributed by atoms with Gasteiger partial charge >= 0.3 is 0 Å². The van der Waals surface area contributed by atoms with E-state index >= 15 is 0 Å². The second kappa shape index (κ2) is 5.51. The number of aromatic nitrogens is 3. The summed E-state index contributed by atoms with van der Waals surface area (Å²) in [6.45, 7) is 4.99. The zero-order valence-electron chi connectivity index (χ0n) is 12.0. The van der Waals surface area contributed by atoms with E-state index in [9.17, 15) is 0 Å². The SMILES string of the molecule is Cc1c(CNCCn2ccnc2)n(C)c2ccccc12. The number of nitrogens with zero attached hydrogens (tertiary/aromatic N) is 3. The number of hydrogen-bond donors (Lipinski definition) is 1. The predicted octanol–water partition coefficient (Wildman–Crippen LogP) is 2.47. The van der Waals surface area contributed by atoms with Gasteiger partial charge < -0.3 is 14.5 Å². The molecule has 1 aromatic carbocycles. The van der Waals surface area contributed by atoms with Gasteiger partial charge in [0.05, 0.1) is 6.33 Å². The molecule has 2 heterocycles. The molecule has 0 radical (unpaired) electrons. The average molecular weight is 268 g/mol. The van der Waals surface area contributed by atoms with Crippen LogP contribution in [0.2, 0.25) is 0 Å². The van der Waals surface area contributed by atoms with E-state index in [1.165, 1.54) is 22.2 Å². The van der Waals surface area contributed by atoms with Crippen LogP contribution in [-0.2, 0) is 20.1 Å². The Hall–Kier alpha value is -2.07. The summed E-state index contributed by atoms with van der Waals surface area (Å²) in [4.78, 5) is 4.05. The fraction of sp³-hybridized carbons (Fsp3) is 0.312. The van der Waals surface area contributed by atoms with Crippen molar-refractivity contribution in [3.63, 3.8) is 0 Å². The van der Waals surface area contributed by atoms with Gasteiger partial charge in [0.15, 0.2) is 0 Å². The quantitative estimate of drug-likeness (QED) is 0.721. The van der Waals surface area contributed by atoms with E-state index in [0.29, 0.717) is 0 Å². The van der Waals surface area contributed by atoms with Crippen LogP contribution in [0.15, 0.2) is 43.0 Å². The molecule has 0 fully saturated rings. The van der Waals surface area contributed by atoms with Crippen LogP contribution in [0.25, 0.3) is 10.9 Å². The molecule has 104 valence electrons. The van der Waals surface area contributed by atoms with Gasteiger partial charge in [-0.1, -0.05) is 18.2 Å². The first-order valence-electron chi connectivity index (χ1n) is 6.96. The molecule has 0 amide bonds. The van der Waals surface area contributed by atoms with Crippen molar-refractivity contribution in [3.05, 3.63) is 54.2 Å². The maximum absolute atomic E-state index is 4.05. The lowest BCUT2D eigenvalue weighted by Gasteiger charge is -2.08. The van der Waals surface area contributed by atoms with Crippen LogP contribution in [0.3, 0.4) is 0 Å². The number of benzene rings is 1. The lowest BCUT2D eigenvalue weighted by atomic mass is 10.1. The molecule has 1 N–H and O–H groups in total. The number of aryl methyl sites for hydroxylation is 2. The third-order valence-electron chi connectivity index (χ3n) is 3.91. The third kappa shape index (κ3) is 2.34.